The lowest BCUT2D eigenvalue weighted by molar-refractivity contribution is -0.116. The molecule has 0 atom stereocenters. The van der Waals surface area contributed by atoms with Crippen LogP contribution in [0.5, 0.6) is 11.5 Å². The lowest BCUT2D eigenvalue weighted by Crippen LogP contribution is -2.21. The van der Waals surface area contributed by atoms with Crippen LogP contribution in [0.4, 0.5) is 5.69 Å². The molecular weight excluding hydrogens is 400 g/mol. The average molecular weight is 415 g/mol. The van der Waals surface area contributed by atoms with Gasteiger partial charge in [0.15, 0.2) is 16.9 Å². The van der Waals surface area contributed by atoms with Crippen LogP contribution in [0, 0.1) is 0 Å². The fraction of sp³-hybridized carbons (Fsp3) is 0.158. The Morgan fingerprint density at radius 2 is 1.88 bits per heavy atom. The van der Waals surface area contributed by atoms with Crippen molar-refractivity contribution in [3.8, 4) is 11.5 Å². The van der Waals surface area contributed by atoms with Gasteiger partial charge in [0.25, 0.3) is 0 Å². The van der Waals surface area contributed by atoms with Gasteiger partial charge in [-0.3, -0.25) is 9.59 Å². The van der Waals surface area contributed by atoms with E-state index in [1.807, 2.05) is 12.1 Å². The van der Waals surface area contributed by atoms with E-state index in [1.54, 1.807) is 35.0 Å². The third kappa shape index (κ3) is 3.30. The number of aromatic nitrogens is 1. The van der Waals surface area contributed by atoms with Gasteiger partial charge in [0, 0.05) is 33.9 Å². The molecule has 0 radical (unpaired) electrons. The number of ether oxygens (including phenoxy) is 2. The molecule has 0 fully saturated rings. The van der Waals surface area contributed by atoms with Crippen molar-refractivity contribution in [1.82, 2.24) is 4.57 Å². The Balaban J connectivity index is 1.56. The van der Waals surface area contributed by atoms with Crippen molar-refractivity contribution in [2.75, 3.05) is 18.5 Å². The van der Waals surface area contributed by atoms with Crippen LogP contribution in [0.1, 0.15) is 0 Å². The van der Waals surface area contributed by atoms with E-state index in [-0.39, 0.29) is 17.9 Å². The number of carbonyl (C=O) groups excluding carboxylic acids is 1. The third-order valence-electron chi connectivity index (χ3n) is 4.08. The molecule has 6 nitrogen and oxygen atoms in total. The van der Waals surface area contributed by atoms with Crippen LogP contribution < -0.4 is 20.2 Å². The summed E-state index contributed by atoms with van der Waals surface area (Å²) in [5, 5.41) is 3.41. The molecule has 26 heavy (non-hydrogen) atoms. The van der Waals surface area contributed by atoms with Gasteiger partial charge in [-0.15, -0.1) is 0 Å². The monoisotopic (exact) mass is 414 g/mol. The third-order valence-corrected chi connectivity index (χ3v) is 4.57. The SMILES string of the molecule is O=C(Cn1ccc(=O)c2cc(Br)ccc21)Nc1ccc2c(c1)OCCO2. The largest absolute Gasteiger partial charge is 0.486 e. The maximum Gasteiger partial charge on any atom is 0.244 e. The van der Waals surface area contributed by atoms with Crippen LogP contribution in [0.15, 0.2) is 57.9 Å². The van der Waals surface area contributed by atoms with Crippen molar-refractivity contribution in [2.45, 2.75) is 6.54 Å². The minimum absolute atomic E-state index is 0.0789. The molecule has 4 rings (SSSR count). The van der Waals surface area contributed by atoms with Crippen molar-refractivity contribution in [1.29, 1.82) is 0 Å². The minimum atomic E-state index is -0.199. The lowest BCUT2D eigenvalue weighted by atomic mass is 10.2. The van der Waals surface area contributed by atoms with Crippen LogP contribution in [0.3, 0.4) is 0 Å². The van der Waals surface area contributed by atoms with E-state index in [2.05, 4.69) is 21.2 Å². The van der Waals surface area contributed by atoms with Crippen LogP contribution in [0.2, 0.25) is 0 Å². The van der Waals surface area contributed by atoms with Gasteiger partial charge in [-0.1, -0.05) is 15.9 Å². The molecule has 0 bridgehead atoms. The molecule has 0 aliphatic carbocycles. The summed E-state index contributed by atoms with van der Waals surface area (Å²) in [5.41, 5.74) is 1.26. The highest BCUT2D eigenvalue weighted by molar-refractivity contribution is 9.10. The summed E-state index contributed by atoms with van der Waals surface area (Å²) in [7, 11) is 0. The van der Waals surface area contributed by atoms with Gasteiger partial charge in [0.1, 0.15) is 19.8 Å². The van der Waals surface area contributed by atoms with Crippen molar-refractivity contribution < 1.29 is 14.3 Å². The number of hydrogen-bond acceptors (Lipinski definition) is 4. The Bertz CT molecular complexity index is 1060. The summed E-state index contributed by atoms with van der Waals surface area (Å²) in [6, 6.07) is 12.2. The number of nitrogens with zero attached hydrogens (tertiary/aromatic N) is 1. The van der Waals surface area contributed by atoms with E-state index in [1.165, 1.54) is 6.07 Å². The molecular formula is C19H15BrN2O4. The normalized spacial score (nSPS) is 12.8. The summed E-state index contributed by atoms with van der Waals surface area (Å²) < 4.78 is 13.6. The first-order valence-electron chi connectivity index (χ1n) is 8.08. The lowest BCUT2D eigenvalue weighted by Gasteiger charge is -2.19. The van der Waals surface area contributed by atoms with Gasteiger partial charge in [-0.05, 0) is 30.3 Å². The molecule has 1 aromatic heterocycles. The molecule has 0 spiro atoms. The molecule has 132 valence electrons. The maximum atomic E-state index is 12.5. The van der Waals surface area contributed by atoms with Gasteiger partial charge < -0.3 is 19.4 Å². The van der Waals surface area contributed by atoms with Crippen LogP contribution >= 0.6 is 15.9 Å². The highest BCUT2D eigenvalue weighted by Gasteiger charge is 2.13. The Kier molecular flexibility index (Phi) is 4.38. The zero-order valence-electron chi connectivity index (χ0n) is 13.7. The smallest absolute Gasteiger partial charge is 0.244 e. The first-order chi connectivity index (χ1) is 12.6. The number of amides is 1. The van der Waals surface area contributed by atoms with E-state index in [0.29, 0.717) is 41.3 Å². The van der Waals surface area contributed by atoms with E-state index < -0.39 is 0 Å². The second-order valence-corrected chi connectivity index (χ2v) is 6.79. The average Bonchev–Trinajstić information content (AvgIpc) is 2.64. The number of pyridine rings is 1. The van der Waals surface area contributed by atoms with Crippen molar-refractivity contribution in [2.24, 2.45) is 0 Å². The van der Waals surface area contributed by atoms with E-state index in [9.17, 15) is 9.59 Å². The van der Waals surface area contributed by atoms with Crippen molar-refractivity contribution in [3.05, 3.63) is 63.4 Å². The molecule has 1 aliphatic rings. The van der Waals surface area contributed by atoms with Gasteiger partial charge >= 0.3 is 0 Å². The minimum Gasteiger partial charge on any atom is -0.486 e. The highest BCUT2D eigenvalue weighted by Crippen LogP contribution is 2.32. The summed E-state index contributed by atoms with van der Waals surface area (Å²) >= 11 is 3.37. The number of rotatable bonds is 3. The number of benzene rings is 2. The second-order valence-electron chi connectivity index (χ2n) is 5.88. The van der Waals surface area contributed by atoms with Crippen LogP contribution in [0.25, 0.3) is 10.9 Å². The second kappa shape index (κ2) is 6.84. The summed E-state index contributed by atoms with van der Waals surface area (Å²) in [5.74, 6) is 1.09. The molecule has 0 saturated carbocycles. The number of nitrogens with one attached hydrogen (secondary N) is 1. The number of carbonyl (C=O) groups is 1. The maximum absolute atomic E-state index is 12.5. The number of anilines is 1. The molecule has 2 heterocycles. The zero-order chi connectivity index (χ0) is 18.1. The van der Waals surface area contributed by atoms with Crippen molar-refractivity contribution in [3.63, 3.8) is 0 Å². The molecule has 1 amide bonds. The Hall–Kier alpha value is -2.80. The van der Waals surface area contributed by atoms with E-state index >= 15 is 0 Å². The summed E-state index contributed by atoms with van der Waals surface area (Å²) in [6.45, 7) is 1.10. The zero-order valence-corrected chi connectivity index (χ0v) is 15.3. The van der Waals surface area contributed by atoms with Gasteiger partial charge in [-0.2, -0.15) is 0 Å². The van der Waals surface area contributed by atoms with Gasteiger partial charge in [-0.25, -0.2) is 0 Å². The fourth-order valence-corrected chi connectivity index (χ4v) is 3.26. The number of fused-ring (bicyclic) bond motifs is 2. The molecule has 1 N–H and O–H groups in total. The number of halogens is 1. The van der Waals surface area contributed by atoms with Crippen LogP contribution in [-0.2, 0) is 11.3 Å². The van der Waals surface area contributed by atoms with E-state index in [4.69, 9.17) is 9.47 Å². The van der Waals surface area contributed by atoms with Crippen LogP contribution in [-0.4, -0.2) is 23.7 Å². The first-order valence-corrected chi connectivity index (χ1v) is 8.88. The predicted octanol–water partition coefficient (Wildman–Crippen LogP) is 3.17. The quantitative estimate of drug-likeness (QED) is 0.714. The molecule has 3 aromatic rings. The molecule has 1 aliphatic heterocycles. The summed E-state index contributed by atoms with van der Waals surface area (Å²) in [4.78, 5) is 24.5. The highest BCUT2D eigenvalue weighted by atomic mass is 79.9. The molecule has 2 aromatic carbocycles. The number of hydrogen-bond donors (Lipinski definition) is 1. The molecule has 0 saturated heterocycles. The fourth-order valence-electron chi connectivity index (χ4n) is 2.90. The molecule has 7 heteroatoms. The Morgan fingerprint density at radius 3 is 2.73 bits per heavy atom. The Labute approximate surface area is 157 Å². The first kappa shape index (κ1) is 16.7. The van der Waals surface area contributed by atoms with Gasteiger partial charge in [0.05, 0.1) is 5.52 Å². The standard InChI is InChI=1S/C19H15BrN2O4/c20-12-1-3-15-14(9-12)16(23)5-6-22(15)11-19(24)21-13-2-4-17-18(10-13)26-8-7-25-17/h1-6,9-10H,7-8,11H2,(H,21,24). The summed E-state index contributed by atoms with van der Waals surface area (Å²) in [6.07, 6.45) is 1.63. The Morgan fingerprint density at radius 1 is 1.08 bits per heavy atom. The molecule has 0 unspecified atom stereocenters. The topological polar surface area (TPSA) is 69.6 Å². The van der Waals surface area contributed by atoms with Gasteiger partial charge in [0.2, 0.25) is 5.91 Å². The van der Waals surface area contributed by atoms with E-state index in [0.717, 1.165) is 4.47 Å². The predicted molar refractivity (Wildman–Crippen MR) is 102 cm³/mol. The van der Waals surface area contributed by atoms with Crippen molar-refractivity contribution >= 4 is 38.4 Å².